The van der Waals surface area contributed by atoms with Gasteiger partial charge in [-0.1, -0.05) is 35.7 Å². The van der Waals surface area contributed by atoms with Crippen LogP contribution in [0.15, 0.2) is 18.2 Å². The highest BCUT2D eigenvalue weighted by Crippen LogP contribution is 2.45. The molecule has 1 unspecified atom stereocenters. The van der Waals surface area contributed by atoms with Crippen LogP contribution in [-0.4, -0.2) is 6.16 Å². The largest absolute Gasteiger partial charge is 0.137 e. The molecule has 0 nitrogen and oxygen atoms in total. The van der Waals surface area contributed by atoms with E-state index in [1.165, 1.54) is 36.6 Å². The Morgan fingerprint density at radius 2 is 1.71 bits per heavy atom. The summed E-state index contributed by atoms with van der Waals surface area (Å²) in [5.41, 5.74) is 4.88. The SMILES string of the molecule is Cc1cc(C)cc(C2(CP)CCC2)c1. The van der Waals surface area contributed by atoms with Gasteiger partial charge < -0.3 is 0 Å². The van der Waals surface area contributed by atoms with Crippen molar-refractivity contribution in [3.05, 3.63) is 34.9 Å². The first-order valence-electron chi connectivity index (χ1n) is 5.45. The number of rotatable bonds is 2. The third-order valence-electron chi connectivity index (χ3n) is 3.54. The smallest absolute Gasteiger partial charge is 0.00123 e. The van der Waals surface area contributed by atoms with Gasteiger partial charge in [-0.05, 0) is 43.8 Å². The fraction of sp³-hybridized carbons (Fsp3) is 0.538. The number of hydrogen-bond acceptors (Lipinski definition) is 0. The lowest BCUT2D eigenvalue weighted by Crippen LogP contribution is -2.35. The van der Waals surface area contributed by atoms with Crippen molar-refractivity contribution in [2.24, 2.45) is 0 Å². The van der Waals surface area contributed by atoms with E-state index in [9.17, 15) is 0 Å². The summed E-state index contributed by atoms with van der Waals surface area (Å²) < 4.78 is 0. The number of hydrogen-bond donors (Lipinski definition) is 0. The van der Waals surface area contributed by atoms with Crippen molar-refractivity contribution in [1.29, 1.82) is 0 Å². The quantitative estimate of drug-likeness (QED) is 0.648. The first kappa shape index (κ1) is 10.2. The Morgan fingerprint density at radius 3 is 2.07 bits per heavy atom. The molecule has 0 heterocycles. The van der Waals surface area contributed by atoms with Crippen molar-refractivity contribution in [3.8, 4) is 0 Å². The van der Waals surface area contributed by atoms with Crippen molar-refractivity contribution in [2.75, 3.05) is 6.16 Å². The lowest BCUT2D eigenvalue weighted by Gasteiger charge is -2.42. The monoisotopic (exact) mass is 206 g/mol. The maximum Gasteiger partial charge on any atom is -0.00123 e. The Hall–Kier alpha value is -0.350. The van der Waals surface area contributed by atoms with E-state index >= 15 is 0 Å². The minimum Gasteiger partial charge on any atom is -0.137 e. The molecule has 1 aromatic rings. The maximum absolute atomic E-state index is 2.93. The molecule has 0 amide bonds. The molecule has 1 aromatic carbocycles. The molecule has 1 heteroatoms. The van der Waals surface area contributed by atoms with Gasteiger partial charge in [0.25, 0.3) is 0 Å². The molecule has 1 aliphatic carbocycles. The highest BCUT2D eigenvalue weighted by molar-refractivity contribution is 7.16. The molecule has 1 saturated carbocycles. The molecule has 0 aromatic heterocycles. The van der Waals surface area contributed by atoms with Crippen LogP contribution >= 0.6 is 9.24 Å². The lowest BCUT2D eigenvalue weighted by molar-refractivity contribution is 0.278. The second kappa shape index (κ2) is 3.66. The molecule has 76 valence electrons. The van der Waals surface area contributed by atoms with Gasteiger partial charge in [0.15, 0.2) is 0 Å². The van der Waals surface area contributed by atoms with Crippen molar-refractivity contribution in [3.63, 3.8) is 0 Å². The van der Waals surface area contributed by atoms with Crippen LogP contribution in [0, 0.1) is 13.8 Å². The Balaban J connectivity index is 2.39. The maximum atomic E-state index is 2.93. The van der Waals surface area contributed by atoms with Gasteiger partial charge in [0, 0.05) is 0 Å². The van der Waals surface area contributed by atoms with E-state index in [0.29, 0.717) is 5.41 Å². The van der Waals surface area contributed by atoms with Gasteiger partial charge in [-0.25, -0.2) is 0 Å². The van der Waals surface area contributed by atoms with Gasteiger partial charge >= 0.3 is 0 Å². The van der Waals surface area contributed by atoms with Gasteiger partial charge in [0.05, 0.1) is 0 Å². The molecule has 2 rings (SSSR count). The van der Waals surface area contributed by atoms with E-state index in [-0.39, 0.29) is 0 Å². The van der Waals surface area contributed by atoms with Gasteiger partial charge in [-0.3, -0.25) is 0 Å². The van der Waals surface area contributed by atoms with Crippen molar-refractivity contribution >= 4 is 9.24 Å². The molecule has 0 radical (unpaired) electrons. The van der Waals surface area contributed by atoms with Crippen LogP contribution < -0.4 is 0 Å². The first-order chi connectivity index (χ1) is 6.66. The van der Waals surface area contributed by atoms with Crippen molar-refractivity contribution in [2.45, 2.75) is 38.5 Å². The second-order valence-corrected chi connectivity index (χ2v) is 5.12. The van der Waals surface area contributed by atoms with Crippen LogP contribution in [0.5, 0.6) is 0 Å². The van der Waals surface area contributed by atoms with E-state index in [1.807, 2.05) is 0 Å². The summed E-state index contributed by atoms with van der Waals surface area (Å²) in [6, 6.07) is 7.01. The Morgan fingerprint density at radius 1 is 1.14 bits per heavy atom. The number of aryl methyl sites for hydroxylation is 2. The van der Waals surface area contributed by atoms with E-state index in [0.717, 1.165) is 0 Å². The summed E-state index contributed by atoms with van der Waals surface area (Å²) in [6.45, 7) is 4.40. The zero-order chi connectivity index (χ0) is 10.2. The topological polar surface area (TPSA) is 0 Å². The molecule has 1 atom stereocenters. The standard InChI is InChI=1S/C13H19P/c1-10-6-11(2)8-12(7-10)13(9-14)4-3-5-13/h6-8H,3-5,9,14H2,1-2H3. The second-order valence-electron chi connectivity index (χ2n) is 4.71. The van der Waals surface area contributed by atoms with E-state index in [2.05, 4.69) is 41.3 Å². The normalized spacial score (nSPS) is 19.1. The molecule has 1 fully saturated rings. The van der Waals surface area contributed by atoms with E-state index in [1.54, 1.807) is 5.56 Å². The average Bonchev–Trinajstić information content (AvgIpc) is 2.01. The Bertz CT molecular complexity index is 311. The van der Waals surface area contributed by atoms with Crippen LogP contribution in [0.2, 0.25) is 0 Å². The molecule has 0 N–H and O–H groups in total. The van der Waals surface area contributed by atoms with Gasteiger partial charge in [0.2, 0.25) is 0 Å². The average molecular weight is 206 g/mol. The highest BCUT2D eigenvalue weighted by atomic mass is 31.0. The van der Waals surface area contributed by atoms with E-state index in [4.69, 9.17) is 0 Å². The summed E-state index contributed by atoms with van der Waals surface area (Å²) >= 11 is 0. The number of benzene rings is 1. The molecular formula is C13H19P. The summed E-state index contributed by atoms with van der Waals surface area (Å²) in [5.74, 6) is 0. The van der Waals surface area contributed by atoms with Crippen LogP contribution in [0.1, 0.15) is 36.0 Å². The zero-order valence-corrected chi connectivity index (χ0v) is 10.3. The fourth-order valence-corrected chi connectivity index (χ4v) is 3.14. The summed E-state index contributed by atoms with van der Waals surface area (Å²) in [4.78, 5) is 0. The Labute approximate surface area is 89.3 Å². The van der Waals surface area contributed by atoms with Crippen LogP contribution in [-0.2, 0) is 5.41 Å². The minimum atomic E-state index is 0.501. The summed E-state index contributed by atoms with van der Waals surface area (Å²) in [5, 5.41) is 0. The zero-order valence-electron chi connectivity index (χ0n) is 9.14. The molecule has 0 bridgehead atoms. The molecule has 0 aliphatic heterocycles. The van der Waals surface area contributed by atoms with E-state index < -0.39 is 0 Å². The van der Waals surface area contributed by atoms with Crippen molar-refractivity contribution < 1.29 is 0 Å². The summed E-state index contributed by atoms with van der Waals surface area (Å²) in [7, 11) is 2.93. The molecule has 0 spiro atoms. The van der Waals surface area contributed by atoms with Crippen LogP contribution in [0.3, 0.4) is 0 Å². The lowest BCUT2D eigenvalue weighted by atomic mass is 9.65. The third-order valence-corrected chi connectivity index (χ3v) is 4.32. The Kier molecular flexibility index (Phi) is 2.66. The molecule has 14 heavy (non-hydrogen) atoms. The first-order valence-corrected chi connectivity index (χ1v) is 6.27. The fourth-order valence-electron chi connectivity index (χ4n) is 2.50. The minimum absolute atomic E-state index is 0.501. The van der Waals surface area contributed by atoms with Gasteiger partial charge in [0.1, 0.15) is 0 Å². The predicted molar refractivity (Wildman–Crippen MR) is 66.0 cm³/mol. The van der Waals surface area contributed by atoms with Crippen LogP contribution in [0.4, 0.5) is 0 Å². The third kappa shape index (κ3) is 1.61. The predicted octanol–water partition coefficient (Wildman–Crippen LogP) is 3.60. The summed E-state index contributed by atoms with van der Waals surface area (Å²) in [6.07, 6.45) is 5.37. The molecule has 1 aliphatic rings. The van der Waals surface area contributed by atoms with Gasteiger partial charge in [-0.15, -0.1) is 9.24 Å². The molecular weight excluding hydrogens is 187 g/mol. The van der Waals surface area contributed by atoms with Crippen molar-refractivity contribution in [1.82, 2.24) is 0 Å². The highest BCUT2D eigenvalue weighted by Gasteiger charge is 2.36. The molecule has 0 saturated heterocycles. The van der Waals surface area contributed by atoms with Gasteiger partial charge in [-0.2, -0.15) is 0 Å². The van der Waals surface area contributed by atoms with Crippen LogP contribution in [0.25, 0.3) is 0 Å².